The maximum absolute atomic E-state index is 11.9. The third-order valence-electron chi connectivity index (χ3n) is 2.50. The molecule has 2 amide bonds. The van der Waals surface area contributed by atoms with Crippen LogP contribution in [0.3, 0.4) is 0 Å². The molecule has 0 spiro atoms. The van der Waals surface area contributed by atoms with Crippen LogP contribution < -0.4 is 16.4 Å². The molecule has 0 heterocycles. The van der Waals surface area contributed by atoms with Gasteiger partial charge in [-0.15, -0.1) is 0 Å². The Balaban J connectivity index is 2.95. The highest BCUT2D eigenvalue weighted by atomic mass is 35.5. The van der Waals surface area contributed by atoms with E-state index in [4.69, 9.17) is 22.1 Å². The lowest BCUT2D eigenvalue weighted by atomic mass is 10.1. The SMILES string of the molecule is CCNC(=O)c1ccc(Cl)cc1NC(=O)C(N)COC. The predicted octanol–water partition coefficient (Wildman–Crippen LogP) is 1.00. The predicted molar refractivity (Wildman–Crippen MR) is 77.9 cm³/mol. The normalized spacial score (nSPS) is 11.8. The van der Waals surface area contributed by atoms with E-state index in [-0.39, 0.29) is 12.5 Å². The maximum Gasteiger partial charge on any atom is 0.253 e. The van der Waals surface area contributed by atoms with Gasteiger partial charge in [-0.3, -0.25) is 9.59 Å². The molecule has 0 saturated carbocycles. The number of carbonyl (C=O) groups excluding carboxylic acids is 2. The average molecular weight is 300 g/mol. The molecule has 0 fully saturated rings. The van der Waals surface area contributed by atoms with Crippen molar-refractivity contribution in [1.82, 2.24) is 5.32 Å². The van der Waals surface area contributed by atoms with Crippen molar-refractivity contribution in [2.24, 2.45) is 5.73 Å². The summed E-state index contributed by atoms with van der Waals surface area (Å²) in [5.41, 5.74) is 6.28. The number of benzene rings is 1. The number of methoxy groups -OCH3 is 1. The molecule has 0 saturated heterocycles. The summed E-state index contributed by atoms with van der Waals surface area (Å²) in [6.45, 7) is 2.38. The van der Waals surface area contributed by atoms with E-state index in [9.17, 15) is 9.59 Å². The highest BCUT2D eigenvalue weighted by molar-refractivity contribution is 6.31. The van der Waals surface area contributed by atoms with Gasteiger partial charge in [0.2, 0.25) is 5.91 Å². The first-order valence-electron chi connectivity index (χ1n) is 6.12. The summed E-state index contributed by atoms with van der Waals surface area (Å²) in [6.07, 6.45) is 0. The van der Waals surface area contributed by atoms with Crippen LogP contribution in [0.15, 0.2) is 18.2 Å². The van der Waals surface area contributed by atoms with E-state index >= 15 is 0 Å². The van der Waals surface area contributed by atoms with Crippen molar-refractivity contribution < 1.29 is 14.3 Å². The van der Waals surface area contributed by atoms with Crippen molar-refractivity contribution in [3.63, 3.8) is 0 Å². The molecule has 6 nitrogen and oxygen atoms in total. The van der Waals surface area contributed by atoms with E-state index in [1.165, 1.54) is 13.2 Å². The maximum atomic E-state index is 11.9. The van der Waals surface area contributed by atoms with Gasteiger partial charge >= 0.3 is 0 Å². The molecule has 0 bridgehead atoms. The Bertz CT molecular complexity index is 494. The zero-order chi connectivity index (χ0) is 15.1. The zero-order valence-electron chi connectivity index (χ0n) is 11.4. The Labute approximate surface area is 122 Å². The molecule has 0 aliphatic heterocycles. The zero-order valence-corrected chi connectivity index (χ0v) is 12.2. The number of hydrogen-bond donors (Lipinski definition) is 3. The fourth-order valence-corrected chi connectivity index (χ4v) is 1.73. The van der Waals surface area contributed by atoms with Gasteiger partial charge in [-0.1, -0.05) is 11.6 Å². The van der Waals surface area contributed by atoms with Crippen LogP contribution in [0.2, 0.25) is 5.02 Å². The van der Waals surface area contributed by atoms with Gasteiger partial charge in [0.25, 0.3) is 5.91 Å². The van der Waals surface area contributed by atoms with Gasteiger partial charge in [-0.05, 0) is 25.1 Å². The van der Waals surface area contributed by atoms with Gasteiger partial charge in [0.05, 0.1) is 17.9 Å². The second-order valence-electron chi connectivity index (χ2n) is 4.10. The van der Waals surface area contributed by atoms with Crippen LogP contribution in [0.1, 0.15) is 17.3 Å². The van der Waals surface area contributed by atoms with Crippen LogP contribution in [0.4, 0.5) is 5.69 Å². The van der Waals surface area contributed by atoms with Crippen LogP contribution in [-0.2, 0) is 9.53 Å². The molecular weight excluding hydrogens is 282 g/mol. The molecular formula is C13H18ClN3O3. The third-order valence-corrected chi connectivity index (χ3v) is 2.74. The number of rotatable bonds is 6. The van der Waals surface area contributed by atoms with Crippen LogP contribution >= 0.6 is 11.6 Å². The second kappa shape index (κ2) is 7.84. The molecule has 0 aliphatic carbocycles. The van der Waals surface area contributed by atoms with Crippen LogP contribution in [0, 0.1) is 0 Å². The molecule has 0 aliphatic rings. The molecule has 7 heteroatoms. The molecule has 20 heavy (non-hydrogen) atoms. The third kappa shape index (κ3) is 4.48. The minimum absolute atomic E-state index is 0.0862. The molecule has 1 unspecified atom stereocenters. The average Bonchev–Trinajstić information content (AvgIpc) is 2.39. The first-order valence-corrected chi connectivity index (χ1v) is 6.50. The molecule has 0 radical (unpaired) electrons. The molecule has 4 N–H and O–H groups in total. The van der Waals surface area contributed by atoms with Crippen molar-refractivity contribution in [1.29, 1.82) is 0 Å². The fraction of sp³-hybridized carbons (Fsp3) is 0.385. The van der Waals surface area contributed by atoms with E-state index < -0.39 is 11.9 Å². The second-order valence-corrected chi connectivity index (χ2v) is 4.54. The first-order chi connectivity index (χ1) is 9.49. The smallest absolute Gasteiger partial charge is 0.253 e. The molecule has 1 rings (SSSR count). The lowest BCUT2D eigenvalue weighted by Gasteiger charge is -2.14. The number of hydrogen-bond acceptors (Lipinski definition) is 4. The Hall–Kier alpha value is -1.63. The van der Waals surface area contributed by atoms with Crippen molar-refractivity contribution in [3.05, 3.63) is 28.8 Å². The first kappa shape index (κ1) is 16.4. The van der Waals surface area contributed by atoms with Crippen LogP contribution in [0.25, 0.3) is 0 Å². The molecule has 0 aromatic heterocycles. The number of ether oxygens (including phenoxy) is 1. The van der Waals surface area contributed by atoms with Crippen molar-refractivity contribution in [3.8, 4) is 0 Å². The van der Waals surface area contributed by atoms with Gasteiger partial charge in [0.1, 0.15) is 6.04 Å². The van der Waals surface area contributed by atoms with E-state index in [1.807, 2.05) is 0 Å². The summed E-state index contributed by atoms with van der Waals surface area (Å²) in [5, 5.41) is 5.66. The number of carbonyl (C=O) groups is 2. The quantitative estimate of drug-likeness (QED) is 0.730. The summed E-state index contributed by atoms with van der Waals surface area (Å²) < 4.78 is 4.81. The number of halogens is 1. The number of nitrogens with two attached hydrogens (primary N) is 1. The molecule has 1 aromatic carbocycles. The van der Waals surface area contributed by atoms with Crippen molar-refractivity contribution in [2.45, 2.75) is 13.0 Å². The highest BCUT2D eigenvalue weighted by Crippen LogP contribution is 2.21. The standard InChI is InChI=1S/C13H18ClN3O3/c1-3-16-12(18)9-5-4-8(14)6-11(9)17-13(19)10(15)7-20-2/h4-6,10H,3,7,15H2,1-2H3,(H,16,18)(H,17,19). The van der Waals surface area contributed by atoms with Gasteiger partial charge in [-0.25, -0.2) is 0 Å². The van der Waals surface area contributed by atoms with Gasteiger partial charge in [0.15, 0.2) is 0 Å². The molecule has 1 aromatic rings. The Morgan fingerprint density at radius 2 is 2.15 bits per heavy atom. The molecule has 1 atom stereocenters. The van der Waals surface area contributed by atoms with E-state index in [1.54, 1.807) is 19.1 Å². The Morgan fingerprint density at radius 3 is 2.75 bits per heavy atom. The summed E-state index contributed by atoms with van der Waals surface area (Å²) in [7, 11) is 1.45. The lowest BCUT2D eigenvalue weighted by Crippen LogP contribution is -2.39. The summed E-state index contributed by atoms with van der Waals surface area (Å²) in [6, 6.07) is 3.81. The summed E-state index contributed by atoms with van der Waals surface area (Å²) >= 11 is 5.88. The topological polar surface area (TPSA) is 93.5 Å². The number of anilines is 1. The van der Waals surface area contributed by atoms with Gasteiger partial charge in [0, 0.05) is 18.7 Å². The van der Waals surface area contributed by atoms with Crippen molar-refractivity contribution >= 4 is 29.1 Å². The van der Waals surface area contributed by atoms with Gasteiger partial charge in [-0.2, -0.15) is 0 Å². The Morgan fingerprint density at radius 1 is 1.45 bits per heavy atom. The summed E-state index contributed by atoms with van der Waals surface area (Å²) in [5.74, 6) is -0.737. The van der Waals surface area contributed by atoms with E-state index in [2.05, 4.69) is 10.6 Å². The van der Waals surface area contributed by atoms with Crippen molar-refractivity contribution in [2.75, 3.05) is 25.6 Å². The fourth-order valence-electron chi connectivity index (χ4n) is 1.55. The summed E-state index contributed by atoms with van der Waals surface area (Å²) in [4.78, 5) is 23.7. The van der Waals surface area contributed by atoms with E-state index in [0.717, 1.165) is 0 Å². The van der Waals surface area contributed by atoms with E-state index in [0.29, 0.717) is 22.8 Å². The van der Waals surface area contributed by atoms with Gasteiger partial charge < -0.3 is 21.1 Å². The monoisotopic (exact) mass is 299 g/mol. The minimum Gasteiger partial charge on any atom is -0.383 e. The molecule has 110 valence electrons. The minimum atomic E-state index is -0.818. The lowest BCUT2D eigenvalue weighted by molar-refractivity contribution is -0.118. The number of amides is 2. The highest BCUT2D eigenvalue weighted by Gasteiger charge is 2.17. The Kier molecular flexibility index (Phi) is 6.44. The van der Waals surface area contributed by atoms with Crippen LogP contribution in [0.5, 0.6) is 0 Å². The van der Waals surface area contributed by atoms with Crippen LogP contribution in [-0.4, -0.2) is 38.1 Å². The number of nitrogens with one attached hydrogen (secondary N) is 2. The largest absolute Gasteiger partial charge is 0.383 e.